The predicted molar refractivity (Wildman–Crippen MR) is 89.7 cm³/mol. The van der Waals surface area contributed by atoms with E-state index >= 15 is 0 Å². The van der Waals surface area contributed by atoms with Crippen molar-refractivity contribution in [3.8, 4) is 0 Å². The molecule has 1 aromatic heterocycles. The van der Waals surface area contributed by atoms with Crippen LogP contribution in [0.1, 0.15) is 23.4 Å². The molecule has 0 radical (unpaired) electrons. The second-order valence-corrected chi connectivity index (χ2v) is 7.26. The molecule has 0 aliphatic carbocycles. The van der Waals surface area contributed by atoms with Gasteiger partial charge in [0.1, 0.15) is 10.8 Å². The molecular formula is C17H20FN3O2S. The van der Waals surface area contributed by atoms with Crippen molar-refractivity contribution in [2.24, 2.45) is 5.92 Å². The van der Waals surface area contributed by atoms with Gasteiger partial charge in [0, 0.05) is 25.4 Å². The Kier molecular flexibility index (Phi) is 4.73. The van der Waals surface area contributed by atoms with Crippen molar-refractivity contribution >= 4 is 16.5 Å². The van der Waals surface area contributed by atoms with E-state index in [9.17, 15) is 4.39 Å². The maximum absolute atomic E-state index is 13.0. The molecule has 2 aliphatic rings. The molecule has 2 aromatic rings. The molecule has 4 rings (SSSR count). The maximum atomic E-state index is 13.0. The van der Waals surface area contributed by atoms with E-state index in [2.05, 4.69) is 15.1 Å². The first-order chi connectivity index (χ1) is 11.8. The summed E-state index contributed by atoms with van der Waals surface area (Å²) in [6.45, 7) is 3.35. The lowest BCUT2D eigenvalue weighted by atomic mass is 9.96. The highest BCUT2D eigenvalue weighted by Gasteiger charge is 2.31. The van der Waals surface area contributed by atoms with Crippen molar-refractivity contribution in [2.45, 2.75) is 25.6 Å². The molecule has 1 aromatic carbocycles. The van der Waals surface area contributed by atoms with Crippen LogP contribution in [-0.4, -0.2) is 42.8 Å². The normalized spacial score (nSPS) is 20.0. The Morgan fingerprint density at radius 2 is 1.79 bits per heavy atom. The van der Waals surface area contributed by atoms with Crippen LogP contribution < -0.4 is 4.90 Å². The third-order valence-electron chi connectivity index (χ3n) is 4.57. The molecule has 0 unspecified atom stereocenters. The van der Waals surface area contributed by atoms with E-state index in [0.717, 1.165) is 41.6 Å². The number of rotatable bonds is 4. The summed E-state index contributed by atoms with van der Waals surface area (Å²) in [7, 11) is 0. The number of halogens is 1. The van der Waals surface area contributed by atoms with Gasteiger partial charge in [-0.1, -0.05) is 23.5 Å². The lowest BCUT2D eigenvalue weighted by Crippen LogP contribution is -2.38. The SMILES string of the molecule is Fc1ccc(Cc2nnc(N3CCC(C4OCCO4)CC3)s2)cc1. The molecule has 7 heteroatoms. The van der Waals surface area contributed by atoms with Crippen LogP contribution in [0.15, 0.2) is 24.3 Å². The average molecular weight is 349 g/mol. The number of aromatic nitrogens is 2. The van der Waals surface area contributed by atoms with E-state index < -0.39 is 0 Å². The lowest BCUT2D eigenvalue weighted by Gasteiger charge is -2.33. The maximum Gasteiger partial charge on any atom is 0.208 e. The lowest BCUT2D eigenvalue weighted by molar-refractivity contribution is -0.0889. The molecule has 128 valence electrons. The molecule has 0 N–H and O–H groups in total. The van der Waals surface area contributed by atoms with Gasteiger partial charge in [-0.15, -0.1) is 10.2 Å². The van der Waals surface area contributed by atoms with Crippen molar-refractivity contribution in [1.29, 1.82) is 0 Å². The molecule has 5 nitrogen and oxygen atoms in total. The van der Waals surface area contributed by atoms with Crippen LogP contribution in [0.2, 0.25) is 0 Å². The van der Waals surface area contributed by atoms with Crippen LogP contribution in [0, 0.1) is 11.7 Å². The molecule has 2 saturated heterocycles. The summed E-state index contributed by atoms with van der Waals surface area (Å²) >= 11 is 1.62. The molecule has 0 saturated carbocycles. The average Bonchev–Trinajstić information content (AvgIpc) is 3.29. The minimum Gasteiger partial charge on any atom is -0.350 e. The largest absolute Gasteiger partial charge is 0.350 e. The zero-order valence-corrected chi connectivity index (χ0v) is 14.2. The minimum absolute atomic E-state index is 0.0180. The first-order valence-electron chi connectivity index (χ1n) is 8.33. The quantitative estimate of drug-likeness (QED) is 0.849. The van der Waals surface area contributed by atoms with E-state index in [4.69, 9.17) is 9.47 Å². The van der Waals surface area contributed by atoms with Crippen LogP contribution in [-0.2, 0) is 15.9 Å². The molecule has 0 atom stereocenters. The third kappa shape index (κ3) is 3.58. The standard InChI is InChI=1S/C17H20FN3O2S/c18-14-3-1-12(2-4-14)11-15-19-20-17(24-15)21-7-5-13(6-8-21)16-22-9-10-23-16/h1-4,13,16H,5-11H2. The fraction of sp³-hybridized carbons (Fsp3) is 0.529. The minimum atomic E-state index is -0.213. The monoisotopic (exact) mass is 349 g/mol. The molecule has 0 amide bonds. The summed E-state index contributed by atoms with van der Waals surface area (Å²) in [6.07, 6.45) is 2.78. The number of piperidine rings is 1. The third-order valence-corrected chi connectivity index (χ3v) is 5.55. The van der Waals surface area contributed by atoms with E-state index in [1.807, 2.05) is 0 Å². The van der Waals surface area contributed by atoms with Crippen LogP contribution >= 0.6 is 11.3 Å². The Labute approximate surface area is 144 Å². The fourth-order valence-electron chi connectivity index (χ4n) is 3.23. The second kappa shape index (κ2) is 7.13. The topological polar surface area (TPSA) is 47.5 Å². The van der Waals surface area contributed by atoms with Crippen LogP contribution in [0.25, 0.3) is 0 Å². The fourth-order valence-corrected chi connectivity index (χ4v) is 4.16. The van der Waals surface area contributed by atoms with Crippen molar-refractivity contribution in [3.05, 3.63) is 40.7 Å². The van der Waals surface area contributed by atoms with Gasteiger partial charge < -0.3 is 14.4 Å². The van der Waals surface area contributed by atoms with E-state index in [-0.39, 0.29) is 12.1 Å². The Morgan fingerprint density at radius 3 is 2.50 bits per heavy atom. The Morgan fingerprint density at radius 1 is 1.08 bits per heavy atom. The van der Waals surface area contributed by atoms with Gasteiger partial charge >= 0.3 is 0 Å². The highest BCUT2D eigenvalue weighted by atomic mass is 32.1. The molecule has 3 heterocycles. The number of ether oxygens (including phenoxy) is 2. The van der Waals surface area contributed by atoms with Crippen molar-refractivity contribution in [1.82, 2.24) is 10.2 Å². The number of anilines is 1. The summed E-state index contributed by atoms with van der Waals surface area (Å²) in [5.74, 6) is 0.269. The number of hydrogen-bond acceptors (Lipinski definition) is 6. The van der Waals surface area contributed by atoms with Gasteiger partial charge in [0.25, 0.3) is 0 Å². The number of benzene rings is 1. The summed E-state index contributed by atoms with van der Waals surface area (Å²) in [5.41, 5.74) is 1.05. The Bertz CT molecular complexity index is 665. The molecule has 2 aliphatic heterocycles. The Balaban J connectivity index is 1.34. The predicted octanol–water partition coefficient (Wildman–Crippen LogP) is 2.86. The molecule has 2 fully saturated rings. The van der Waals surface area contributed by atoms with Crippen LogP contribution in [0.5, 0.6) is 0 Å². The van der Waals surface area contributed by atoms with Gasteiger partial charge in [-0.2, -0.15) is 0 Å². The van der Waals surface area contributed by atoms with Gasteiger partial charge in [-0.25, -0.2) is 4.39 Å². The highest BCUT2D eigenvalue weighted by Crippen LogP contribution is 2.30. The zero-order chi connectivity index (χ0) is 16.4. The van der Waals surface area contributed by atoms with Crippen molar-refractivity contribution in [3.63, 3.8) is 0 Å². The first kappa shape index (κ1) is 15.9. The van der Waals surface area contributed by atoms with Crippen LogP contribution in [0.4, 0.5) is 9.52 Å². The second-order valence-electron chi connectivity index (χ2n) is 6.22. The Hall–Kier alpha value is -1.57. The van der Waals surface area contributed by atoms with Crippen molar-refractivity contribution < 1.29 is 13.9 Å². The summed E-state index contributed by atoms with van der Waals surface area (Å²) in [4.78, 5) is 2.29. The number of nitrogens with zero attached hydrogens (tertiary/aromatic N) is 3. The number of hydrogen-bond donors (Lipinski definition) is 0. The molecule has 0 bridgehead atoms. The summed E-state index contributed by atoms with van der Waals surface area (Å²) in [6, 6.07) is 6.55. The van der Waals surface area contributed by atoms with Gasteiger partial charge in [0.2, 0.25) is 5.13 Å². The molecular weight excluding hydrogens is 329 g/mol. The van der Waals surface area contributed by atoms with Crippen molar-refractivity contribution in [2.75, 3.05) is 31.2 Å². The van der Waals surface area contributed by atoms with Gasteiger partial charge in [-0.05, 0) is 30.5 Å². The molecule has 24 heavy (non-hydrogen) atoms. The van der Waals surface area contributed by atoms with Gasteiger partial charge in [-0.3, -0.25) is 0 Å². The summed E-state index contributed by atoms with van der Waals surface area (Å²) < 4.78 is 24.2. The highest BCUT2D eigenvalue weighted by molar-refractivity contribution is 7.15. The van der Waals surface area contributed by atoms with E-state index in [1.165, 1.54) is 12.1 Å². The van der Waals surface area contributed by atoms with E-state index in [1.54, 1.807) is 23.5 Å². The van der Waals surface area contributed by atoms with E-state index in [0.29, 0.717) is 25.6 Å². The zero-order valence-electron chi connectivity index (χ0n) is 13.4. The van der Waals surface area contributed by atoms with Gasteiger partial charge in [0.15, 0.2) is 6.29 Å². The molecule has 0 spiro atoms. The van der Waals surface area contributed by atoms with Crippen LogP contribution in [0.3, 0.4) is 0 Å². The smallest absolute Gasteiger partial charge is 0.208 e. The first-order valence-corrected chi connectivity index (χ1v) is 9.14. The summed E-state index contributed by atoms with van der Waals surface area (Å²) in [5, 5.41) is 10.6. The van der Waals surface area contributed by atoms with Gasteiger partial charge in [0.05, 0.1) is 13.2 Å².